The van der Waals surface area contributed by atoms with Crippen molar-refractivity contribution < 1.29 is 31.9 Å². The van der Waals surface area contributed by atoms with Gasteiger partial charge in [-0.3, -0.25) is 4.79 Å². The van der Waals surface area contributed by atoms with Gasteiger partial charge in [-0.25, -0.2) is 8.78 Å². The molecule has 0 aliphatic carbocycles. The highest BCUT2D eigenvalue weighted by molar-refractivity contribution is 5.78. The van der Waals surface area contributed by atoms with Crippen LogP contribution in [0.2, 0.25) is 0 Å². The summed E-state index contributed by atoms with van der Waals surface area (Å²) < 4.78 is 61.2. The number of benzene rings is 1. The van der Waals surface area contributed by atoms with E-state index in [1.165, 1.54) is 6.07 Å². The topological polar surface area (TPSA) is 49.3 Å². The second-order valence-corrected chi connectivity index (χ2v) is 4.08. The summed E-state index contributed by atoms with van der Waals surface area (Å²) in [5.41, 5.74) is -0.792. The monoisotopic (exact) mass is 297 g/mol. The van der Waals surface area contributed by atoms with Crippen LogP contribution in [0.3, 0.4) is 0 Å². The first-order chi connectivity index (χ1) is 9.20. The largest absolute Gasteiger partial charge is 0.416 e. The maximum atomic E-state index is 12.4. The second kappa shape index (κ2) is 6.65. The SMILES string of the molecule is O=C(Cc1cccc(C(F)(F)F)c1)NCC(O)C(F)F. The van der Waals surface area contributed by atoms with E-state index in [0.29, 0.717) is 0 Å². The van der Waals surface area contributed by atoms with E-state index in [-0.39, 0.29) is 12.0 Å². The lowest BCUT2D eigenvalue weighted by molar-refractivity contribution is -0.137. The van der Waals surface area contributed by atoms with Gasteiger partial charge in [0.1, 0.15) is 6.10 Å². The van der Waals surface area contributed by atoms with Crippen LogP contribution in [0, 0.1) is 0 Å². The van der Waals surface area contributed by atoms with E-state index in [0.717, 1.165) is 18.2 Å². The van der Waals surface area contributed by atoms with Gasteiger partial charge in [-0.15, -0.1) is 0 Å². The smallest absolute Gasteiger partial charge is 0.385 e. The van der Waals surface area contributed by atoms with Crippen molar-refractivity contribution in [2.24, 2.45) is 0 Å². The predicted octanol–water partition coefficient (Wildman–Crippen LogP) is 1.99. The molecule has 1 aromatic carbocycles. The zero-order valence-corrected chi connectivity index (χ0v) is 10.1. The van der Waals surface area contributed by atoms with Gasteiger partial charge in [0.25, 0.3) is 6.43 Å². The zero-order chi connectivity index (χ0) is 15.3. The molecule has 1 amide bonds. The number of aliphatic hydroxyl groups is 1. The lowest BCUT2D eigenvalue weighted by atomic mass is 10.1. The number of rotatable bonds is 5. The summed E-state index contributed by atoms with van der Waals surface area (Å²) in [7, 11) is 0. The summed E-state index contributed by atoms with van der Waals surface area (Å²) in [5.74, 6) is -0.746. The molecule has 1 unspecified atom stereocenters. The van der Waals surface area contributed by atoms with Gasteiger partial charge in [-0.1, -0.05) is 18.2 Å². The normalized spacial score (nSPS) is 13.3. The van der Waals surface area contributed by atoms with Gasteiger partial charge in [-0.2, -0.15) is 13.2 Å². The molecule has 0 saturated carbocycles. The van der Waals surface area contributed by atoms with Crippen LogP contribution in [0.5, 0.6) is 0 Å². The van der Waals surface area contributed by atoms with E-state index in [2.05, 4.69) is 0 Å². The third-order valence-corrected chi connectivity index (χ3v) is 2.42. The van der Waals surface area contributed by atoms with Crippen LogP contribution in [0.1, 0.15) is 11.1 Å². The van der Waals surface area contributed by atoms with Crippen molar-refractivity contribution >= 4 is 5.91 Å². The Labute approximate surface area is 111 Å². The lowest BCUT2D eigenvalue weighted by Gasteiger charge is -2.11. The molecule has 0 spiro atoms. The van der Waals surface area contributed by atoms with E-state index in [1.54, 1.807) is 0 Å². The first-order valence-electron chi connectivity index (χ1n) is 5.59. The van der Waals surface area contributed by atoms with Crippen molar-refractivity contribution in [1.29, 1.82) is 0 Å². The van der Waals surface area contributed by atoms with E-state index in [9.17, 15) is 26.7 Å². The lowest BCUT2D eigenvalue weighted by Crippen LogP contribution is -2.36. The van der Waals surface area contributed by atoms with Crippen LogP contribution in [0.4, 0.5) is 22.0 Å². The highest BCUT2D eigenvalue weighted by atomic mass is 19.4. The summed E-state index contributed by atoms with van der Waals surface area (Å²) in [6.07, 6.45) is -9.90. The molecule has 0 aliphatic heterocycles. The summed E-state index contributed by atoms with van der Waals surface area (Å²) in [6.45, 7) is -0.657. The minimum absolute atomic E-state index is 0.101. The number of alkyl halides is 5. The molecule has 3 nitrogen and oxygen atoms in total. The van der Waals surface area contributed by atoms with E-state index in [4.69, 9.17) is 5.11 Å². The fourth-order valence-electron chi connectivity index (χ4n) is 1.41. The van der Waals surface area contributed by atoms with Crippen LogP contribution in [-0.2, 0) is 17.4 Å². The zero-order valence-electron chi connectivity index (χ0n) is 10.1. The minimum atomic E-state index is -4.52. The van der Waals surface area contributed by atoms with Crippen LogP contribution >= 0.6 is 0 Å². The maximum Gasteiger partial charge on any atom is 0.416 e. The Morgan fingerprint density at radius 2 is 1.95 bits per heavy atom. The molecule has 1 atom stereocenters. The van der Waals surface area contributed by atoms with Gasteiger partial charge < -0.3 is 10.4 Å². The number of carbonyl (C=O) groups excluding carboxylic acids is 1. The van der Waals surface area contributed by atoms with Crippen LogP contribution in [0.25, 0.3) is 0 Å². The second-order valence-electron chi connectivity index (χ2n) is 4.08. The average Bonchev–Trinajstić information content (AvgIpc) is 2.35. The molecule has 0 bridgehead atoms. The first-order valence-corrected chi connectivity index (χ1v) is 5.59. The molecule has 0 saturated heterocycles. The Bertz CT molecular complexity index is 461. The highest BCUT2D eigenvalue weighted by Crippen LogP contribution is 2.29. The Hall–Kier alpha value is -1.70. The summed E-state index contributed by atoms with van der Waals surface area (Å²) in [5, 5.41) is 10.8. The molecule has 8 heteroatoms. The van der Waals surface area contributed by atoms with Gasteiger partial charge in [0.05, 0.1) is 12.0 Å². The van der Waals surface area contributed by atoms with Gasteiger partial charge in [-0.05, 0) is 11.6 Å². The molecule has 0 aliphatic rings. The molecule has 112 valence electrons. The number of aliphatic hydroxyl groups excluding tert-OH is 1. The van der Waals surface area contributed by atoms with Crippen LogP contribution in [0.15, 0.2) is 24.3 Å². The van der Waals surface area contributed by atoms with Crippen molar-refractivity contribution in [1.82, 2.24) is 5.32 Å². The van der Waals surface area contributed by atoms with Crippen molar-refractivity contribution in [3.63, 3.8) is 0 Å². The number of nitrogens with one attached hydrogen (secondary N) is 1. The van der Waals surface area contributed by atoms with Gasteiger partial charge in [0.2, 0.25) is 5.91 Å². The van der Waals surface area contributed by atoms with Crippen molar-refractivity contribution in [2.45, 2.75) is 25.1 Å². The molecule has 0 heterocycles. The van der Waals surface area contributed by atoms with Crippen LogP contribution < -0.4 is 5.32 Å². The maximum absolute atomic E-state index is 12.4. The molecule has 1 aromatic rings. The van der Waals surface area contributed by atoms with Gasteiger partial charge in [0, 0.05) is 6.54 Å². The fraction of sp³-hybridized carbons (Fsp3) is 0.417. The Kier molecular flexibility index (Phi) is 5.43. The Morgan fingerprint density at radius 1 is 1.30 bits per heavy atom. The number of carbonyl (C=O) groups is 1. The highest BCUT2D eigenvalue weighted by Gasteiger charge is 2.30. The molecule has 0 radical (unpaired) electrons. The predicted molar refractivity (Wildman–Crippen MR) is 60.2 cm³/mol. The van der Waals surface area contributed by atoms with E-state index >= 15 is 0 Å². The number of amides is 1. The van der Waals surface area contributed by atoms with Crippen molar-refractivity contribution in [3.8, 4) is 0 Å². The number of hydrogen-bond donors (Lipinski definition) is 2. The van der Waals surface area contributed by atoms with E-state index < -0.39 is 36.7 Å². The average molecular weight is 297 g/mol. The molecule has 1 rings (SSSR count). The van der Waals surface area contributed by atoms with Crippen LogP contribution in [-0.4, -0.2) is 30.1 Å². The minimum Gasteiger partial charge on any atom is -0.385 e. The fourth-order valence-corrected chi connectivity index (χ4v) is 1.41. The molecular formula is C12H12F5NO2. The van der Waals surface area contributed by atoms with Gasteiger partial charge in [0.15, 0.2) is 0 Å². The molecule has 2 N–H and O–H groups in total. The Balaban J connectivity index is 2.58. The first kappa shape index (κ1) is 16.4. The summed E-state index contributed by atoms with van der Waals surface area (Å²) >= 11 is 0. The number of hydrogen-bond acceptors (Lipinski definition) is 2. The molecule has 0 fully saturated rings. The van der Waals surface area contributed by atoms with E-state index in [1.807, 2.05) is 5.32 Å². The van der Waals surface area contributed by atoms with Crippen molar-refractivity contribution in [2.75, 3.05) is 6.54 Å². The Morgan fingerprint density at radius 3 is 2.50 bits per heavy atom. The van der Waals surface area contributed by atoms with Gasteiger partial charge >= 0.3 is 6.18 Å². The number of halogens is 5. The standard InChI is InChI=1S/C12H12F5NO2/c13-11(14)9(19)6-18-10(20)5-7-2-1-3-8(4-7)12(15,16)17/h1-4,9,11,19H,5-6H2,(H,18,20). The summed E-state index contributed by atoms with van der Waals surface area (Å²) in [4.78, 5) is 11.4. The molecular weight excluding hydrogens is 285 g/mol. The molecule has 0 aromatic heterocycles. The quantitative estimate of drug-likeness (QED) is 0.817. The van der Waals surface area contributed by atoms with Crippen molar-refractivity contribution in [3.05, 3.63) is 35.4 Å². The summed E-state index contributed by atoms with van der Waals surface area (Å²) in [6, 6.07) is 4.14. The third-order valence-electron chi connectivity index (χ3n) is 2.42. The third kappa shape index (κ3) is 5.12. The molecule has 20 heavy (non-hydrogen) atoms.